The summed E-state index contributed by atoms with van der Waals surface area (Å²) in [5.41, 5.74) is 0.694. The fourth-order valence-electron chi connectivity index (χ4n) is 3.23. The number of amides is 2. The average molecular weight is 454 g/mol. The fourth-order valence-corrected chi connectivity index (χ4v) is 5.37. The van der Waals surface area contributed by atoms with Gasteiger partial charge < -0.3 is 5.11 Å². The molecule has 0 saturated heterocycles. The smallest absolute Gasteiger partial charge is 0.328 e. The third-order valence-corrected chi connectivity index (χ3v) is 7.59. The second-order valence-electron chi connectivity index (χ2n) is 7.18. The van der Waals surface area contributed by atoms with Crippen molar-refractivity contribution in [1.29, 1.82) is 0 Å². The summed E-state index contributed by atoms with van der Waals surface area (Å²) in [4.78, 5) is 30.0. The van der Waals surface area contributed by atoms with Crippen molar-refractivity contribution in [2.75, 3.05) is 22.5 Å². The minimum absolute atomic E-state index is 0.255. The Morgan fingerprint density at radius 1 is 1.38 bits per heavy atom. The van der Waals surface area contributed by atoms with Crippen LogP contribution in [-0.4, -0.2) is 34.4 Å². The number of aromatic nitrogens is 1. The molecule has 156 valence electrons. The number of nitrogens with one attached hydrogen (secondary N) is 1. The predicted molar refractivity (Wildman–Crippen MR) is 119 cm³/mol. The Labute approximate surface area is 183 Å². The molecular weight excluding hydrogens is 430 g/mol. The molecule has 1 unspecified atom stereocenters. The van der Waals surface area contributed by atoms with Gasteiger partial charge in [-0.3, -0.25) is 15.0 Å². The highest BCUT2D eigenvalue weighted by Crippen LogP contribution is 2.33. The van der Waals surface area contributed by atoms with Crippen LogP contribution in [-0.2, 0) is 4.79 Å². The van der Waals surface area contributed by atoms with Crippen molar-refractivity contribution in [3.05, 3.63) is 35.5 Å². The van der Waals surface area contributed by atoms with Gasteiger partial charge in [-0.15, -0.1) is 11.8 Å². The van der Waals surface area contributed by atoms with Gasteiger partial charge >= 0.3 is 12.0 Å². The minimum atomic E-state index is -0.821. The highest BCUT2D eigenvalue weighted by atomic mass is 35.5. The molecule has 1 heterocycles. The monoisotopic (exact) mass is 453 g/mol. The Kier molecular flexibility index (Phi) is 7.80. The summed E-state index contributed by atoms with van der Waals surface area (Å²) in [6, 6.07) is 7.10. The number of aliphatic carboxylic acids is 1. The first-order valence-corrected chi connectivity index (χ1v) is 11.8. The summed E-state index contributed by atoms with van der Waals surface area (Å²) in [7, 11) is 0. The highest BCUT2D eigenvalue weighted by Gasteiger charge is 2.25. The van der Waals surface area contributed by atoms with E-state index in [1.807, 2.05) is 18.2 Å². The van der Waals surface area contributed by atoms with Gasteiger partial charge in [0, 0.05) is 12.3 Å². The Bertz CT molecular complexity index is 855. The Morgan fingerprint density at radius 2 is 2.10 bits per heavy atom. The van der Waals surface area contributed by atoms with E-state index in [4.69, 9.17) is 16.7 Å². The molecule has 1 fully saturated rings. The maximum Gasteiger partial charge on any atom is 0.328 e. The maximum atomic E-state index is 13.1. The van der Waals surface area contributed by atoms with E-state index >= 15 is 0 Å². The molecule has 1 aliphatic carbocycles. The number of thioether (sulfide) groups is 1. The zero-order chi connectivity index (χ0) is 20.8. The summed E-state index contributed by atoms with van der Waals surface area (Å²) in [5, 5.41) is 12.9. The summed E-state index contributed by atoms with van der Waals surface area (Å²) >= 11 is 9.14. The van der Waals surface area contributed by atoms with Gasteiger partial charge in [0.25, 0.3) is 0 Å². The first-order chi connectivity index (χ1) is 13.9. The predicted octanol–water partition coefficient (Wildman–Crippen LogP) is 5.84. The molecule has 2 N–H and O–H groups in total. The molecule has 1 atom stereocenters. The Balaban J connectivity index is 1.68. The van der Waals surface area contributed by atoms with Gasteiger partial charge in [-0.25, -0.2) is 9.78 Å². The summed E-state index contributed by atoms with van der Waals surface area (Å²) in [5.74, 6) is -0.338. The summed E-state index contributed by atoms with van der Waals surface area (Å²) < 4.78 is 0.869. The lowest BCUT2D eigenvalue weighted by Gasteiger charge is -2.26. The lowest BCUT2D eigenvalue weighted by Crippen LogP contribution is -2.38. The molecule has 0 bridgehead atoms. The topological polar surface area (TPSA) is 82.5 Å². The highest BCUT2D eigenvalue weighted by molar-refractivity contribution is 8.01. The lowest BCUT2D eigenvalue weighted by atomic mass is 10.1. The third-order valence-electron chi connectivity index (χ3n) is 4.90. The SMILES string of the molecule is CC(CSc1cnc(NC(=O)N(CC2CCCC2)c2ccccc2Cl)s1)C(=O)O. The molecule has 0 aliphatic heterocycles. The van der Waals surface area contributed by atoms with Crippen molar-refractivity contribution in [3.8, 4) is 0 Å². The van der Waals surface area contributed by atoms with Crippen LogP contribution in [0.5, 0.6) is 0 Å². The molecule has 6 nitrogen and oxygen atoms in total. The van der Waals surface area contributed by atoms with Crippen molar-refractivity contribution in [1.82, 2.24) is 4.98 Å². The number of carbonyl (C=O) groups excluding carboxylic acids is 1. The number of carbonyl (C=O) groups is 2. The molecule has 1 aromatic carbocycles. The van der Waals surface area contributed by atoms with Crippen LogP contribution in [0, 0.1) is 11.8 Å². The third kappa shape index (κ3) is 6.10. The molecule has 29 heavy (non-hydrogen) atoms. The minimum Gasteiger partial charge on any atom is -0.481 e. The average Bonchev–Trinajstić information content (AvgIpc) is 3.36. The largest absolute Gasteiger partial charge is 0.481 e. The maximum absolute atomic E-state index is 13.1. The second kappa shape index (κ2) is 10.3. The molecular formula is C20H24ClN3O3S2. The van der Waals surface area contributed by atoms with E-state index in [0.717, 1.165) is 17.1 Å². The molecule has 1 aromatic heterocycles. The van der Waals surface area contributed by atoms with Crippen LogP contribution >= 0.6 is 34.7 Å². The van der Waals surface area contributed by atoms with E-state index < -0.39 is 11.9 Å². The number of halogens is 1. The first kappa shape index (κ1) is 21.9. The van der Waals surface area contributed by atoms with Crippen molar-refractivity contribution in [2.24, 2.45) is 11.8 Å². The van der Waals surface area contributed by atoms with Crippen LogP contribution in [0.25, 0.3) is 0 Å². The normalized spacial score (nSPS) is 15.2. The molecule has 0 spiro atoms. The molecule has 1 saturated carbocycles. The molecule has 9 heteroatoms. The quantitative estimate of drug-likeness (QED) is 0.490. The van der Waals surface area contributed by atoms with E-state index in [2.05, 4.69) is 10.3 Å². The van der Waals surface area contributed by atoms with Crippen molar-refractivity contribution >= 4 is 57.5 Å². The van der Waals surface area contributed by atoms with E-state index in [-0.39, 0.29) is 6.03 Å². The van der Waals surface area contributed by atoms with Crippen molar-refractivity contribution < 1.29 is 14.7 Å². The summed E-state index contributed by atoms with van der Waals surface area (Å²) in [6.07, 6.45) is 6.30. The van der Waals surface area contributed by atoms with Crippen LogP contribution in [0.1, 0.15) is 32.6 Å². The van der Waals surface area contributed by atoms with Gasteiger partial charge in [0.15, 0.2) is 5.13 Å². The van der Waals surface area contributed by atoms with Gasteiger partial charge in [0.05, 0.1) is 27.0 Å². The van der Waals surface area contributed by atoms with Crippen LogP contribution in [0.4, 0.5) is 15.6 Å². The van der Waals surface area contributed by atoms with Gasteiger partial charge in [0.1, 0.15) is 0 Å². The van der Waals surface area contributed by atoms with Gasteiger partial charge in [-0.05, 0) is 30.9 Å². The number of nitrogens with zero attached hydrogens (tertiary/aromatic N) is 2. The van der Waals surface area contributed by atoms with E-state index in [0.29, 0.717) is 34.1 Å². The number of thiazole rings is 1. The number of anilines is 2. The Hall–Kier alpha value is -1.77. The van der Waals surface area contributed by atoms with Crippen LogP contribution < -0.4 is 10.2 Å². The lowest BCUT2D eigenvalue weighted by molar-refractivity contribution is -0.140. The molecule has 1 aliphatic rings. The summed E-state index contributed by atoms with van der Waals surface area (Å²) in [6.45, 7) is 2.29. The molecule has 3 rings (SSSR count). The molecule has 0 radical (unpaired) electrons. The number of carboxylic acid groups (broad SMARTS) is 1. The standard InChI is InChI=1S/C20H24ClN3O3S2/c1-13(18(25)26)12-28-17-10-22-19(29-17)23-20(27)24(11-14-6-2-3-7-14)16-9-5-4-8-15(16)21/h4-5,8-10,13-14H,2-3,6-7,11-12H2,1H3,(H,25,26)(H,22,23,27). The number of hydrogen-bond acceptors (Lipinski definition) is 5. The fraction of sp³-hybridized carbons (Fsp3) is 0.450. The van der Waals surface area contributed by atoms with Crippen LogP contribution in [0.3, 0.4) is 0 Å². The van der Waals surface area contributed by atoms with Crippen LogP contribution in [0.15, 0.2) is 34.7 Å². The number of benzene rings is 1. The molecule has 2 amide bonds. The van der Waals surface area contributed by atoms with Crippen LogP contribution in [0.2, 0.25) is 5.02 Å². The van der Waals surface area contributed by atoms with Gasteiger partial charge in [0.2, 0.25) is 0 Å². The van der Waals surface area contributed by atoms with Crippen molar-refractivity contribution in [2.45, 2.75) is 36.8 Å². The Morgan fingerprint density at radius 3 is 2.79 bits per heavy atom. The number of rotatable bonds is 8. The van der Waals surface area contributed by atoms with Gasteiger partial charge in [-0.2, -0.15) is 0 Å². The number of carboxylic acids is 1. The second-order valence-corrected chi connectivity index (χ2v) is 9.94. The first-order valence-electron chi connectivity index (χ1n) is 9.58. The molecule has 2 aromatic rings. The zero-order valence-corrected chi connectivity index (χ0v) is 18.5. The van der Waals surface area contributed by atoms with Crippen molar-refractivity contribution in [3.63, 3.8) is 0 Å². The van der Waals surface area contributed by atoms with E-state index in [9.17, 15) is 9.59 Å². The van der Waals surface area contributed by atoms with E-state index in [1.54, 1.807) is 24.1 Å². The number of urea groups is 1. The number of para-hydroxylation sites is 1. The zero-order valence-electron chi connectivity index (χ0n) is 16.1. The van der Waals surface area contributed by atoms with E-state index in [1.165, 1.54) is 35.9 Å². The van der Waals surface area contributed by atoms with Gasteiger partial charge in [-0.1, -0.05) is 54.8 Å². The number of hydrogen-bond donors (Lipinski definition) is 2.